The van der Waals surface area contributed by atoms with Crippen molar-refractivity contribution < 1.29 is 4.42 Å². The zero-order valence-corrected chi connectivity index (χ0v) is 12.1. The van der Waals surface area contributed by atoms with E-state index in [1.807, 2.05) is 19.1 Å². The van der Waals surface area contributed by atoms with Crippen LogP contribution in [-0.4, -0.2) is 13.1 Å². The summed E-state index contributed by atoms with van der Waals surface area (Å²) in [6.45, 7) is 8.47. The van der Waals surface area contributed by atoms with Gasteiger partial charge >= 0.3 is 0 Å². The first-order valence-electron chi connectivity index (χ1n) is 7.14. The van der Waals surface area contributed by atoms with Crippen molar-refractivity contribution in [3.8, 4) is 0 Å². The van der Waals surface area contributed by atoms with Crippen molar-refractivity contribution in [1.29, 1.82) is 0 Å². The Labute approximate surface area is 115 Å². The molecule has 2 heteroatoms. The molecule has 0 fully saturated rings. The Hall–Kier alpha value is -1.54. The van der Waals surface area contributed by atoms with E-state index in [0.717, 1.165) is 30.9 Å². The van der Waals surface area contributed by atoms with Crippen molar-refractivity contribution in [3.05, 3.63) is 41.2 Å². The van der Waals surface area contributed by atoms with Crippen LogP contribution in [0.3, 0.4) is 0 Å². The zero-order chi connectivity index (χ0) is 13.7. The van der Waals surface area contributed by atoms with Crippen LogP contribution in [0.1, 0.15) is 38.0 Å². The van der Waals surface area contributed by atoms with E-state index in [9.17, 15) is 0 Å². The molecule has 0 aliphatic carbocycles. The van der Waals surface area contributed by atoms with Gasteiger partial charge in [0.15, 0.2) is 0 Å². The average molecular weight is 257 g/mol. The number of benzene rings is 1. The molecule has 0 radical (unpaired) electrons. The van der Waals surface area contributed by atoms with E-state index in [1.165, 1.54) is 22.9 Å². The van der Waals surface area contributed by atoms with Gasteiger partial charge in [-0.3, -0.25) is 0 Å². The van der Waals surface area contributed by atoms with E-state index in [0.29, 0.717) is 0 Å². The number of nitrogens with one attached hydrogen (secondary N) is 1. The van der Waals surface area contributed by atoms with Crippen LogP contribution in [0.2, 0.25) is 0 Å². The number of fused-ring (bicyclic) bond motifs is 1. The van der Waals surface area contributed by atoms with E-state index in [2.05, 4.69) is 37.4 Å². The molecule has 0 saturated heterocycles. The minimum absolute atomic E-state index is 0.962. The van der Waals surface area contributed by atoms with E-state index in [-0.39, 0.29) is 0 Å². The third-order valence-electron chi connectivity index (χ3n) is 3.40. The van der Waals surface area contributed by atoms with Gasteiger partial charge in [-0.05, 0) is 32.4 Å². The summed E-state index contributed by atoms with van der Waals surface area (Å²) in [4.78, 5) is 0. The maximum Gasteiger partial charge on any atom is 0.134 e. The zero-order valence-electron chi connectivity index (χ0n) is 12.1. The number of para-hydroxylation sites is 1. The average Bonchev–Trinajstić information content (AvgIpc) is 2.74. The molecule has 0 amide bonds. The van der Waals surface area contributed by atoms with Gasteiger partial charge in [-0.15, -0.1) is 0 Å². The van der Waals surface area contributed by atoms with Gasteiger partial charge in [0.25, 0.3) is 0 Å². The van der Waals surface area contributed by atoms with E-state index in [4.69, 9.17) is 4.42 Å². The fourth-order valence-corrected chi connectivity index (χ4v) is 2.28. The lowest BCUT2D eigenvalue weighted by molar-refractivity contribution is 0.577. The number of hydrogen-bond donors (Lipinski definition) is 1. The Morgan fingerprint density at radius 3 is 2.79 bits per heavy atom. The molecule has 1 heterocycles. The summed E-state index contributed by atoms with van der Waals surface area (Å²) in [6, 6.07) is 8.24. The van der Waals surface area contributed by atoms with Crippen molar-refractivity contribution in [1.82, 2.24) is 5.32 Å². The fraction of sp³-hybridized carbons (Fsp3) is 0.412. The first-order valence-corrected chi connectivity index (χ1v) is 7.14. The monoisotopic (exact) mass is 257 g/mol. The summed E-state index contributed by atoms with van der Waals surface area (Å²) in [5.41, 5.74) is 3.62. The Balaban J connectivity index is 2.29. The maximum absolute atomic E-state index is 5.81. The molecular formula is C17H23NO. The number of furan rings is 1. The lowest BCUT2D eigenvalue weighted by Crippen LogP contribution is -2.17. The Bertz CT molecular complexity index is 566. The molecule has 2 rings (SSSR count). The molecule has 102 valence electrons. The van der Waals surface area contributed by atoms with Gasteiger partial charge in [0.2, 0.25) is 0 Å². The number of aryl methyl sites for hydroxylation is 1. The molecule has 0 aliphatic heterocycles. The van der Waals surface area contributed by atoms with Gasteiger partial charge in [-0.25, -0.2) is 0 Å². The summed E-state index contributed by atoms with van der Waals surface area (Å²) in [7, 11) is 0. The van der Waals surface area contributed by atoms with Crippen LogP contribution < -0.4 is 5.32 Å². The summed E-state index contributed by atoms with van der Waals surface area (Å²) >= 11 is 0. The van der Waals surface area contributed by atoms with Crippen LogP contribution in [0.5, 0.6) is 0 Å². The quantitative estimate of drug-likeness (QED) is 0.769. The van der Waals surface area contributed by atoms with Crippen LogP contribution in [0.25, 0.3) is 17.0 Å². The van der Waals surface area contributed by atoms with E-state index < -0.39 is 0 Å². The van der Waals surface area contributed by atoms with Gasteiger partial charge < -0.3 is 9.73 Å². The molecule has 1 aromatic heterocycles. The first kappa shape index (κ1) is 13.9. The molecule has 0 saturated carbocycles. The standard InChI is InChI=1S/C17H23NO/c1-4-10-18-12-14(5-2)11-16-13(3)19-17-9-7-6-8-15(16)17/h6-9,11,18H,4-5,10,12H2,1-3H3/b14-11+. The second-order valence-electron chi connectivity index (χ2n) is 4.90. The van der Waals surface area contributed by atoms with Gasteiger partial charge in [0.05, 0.1) is 0 Å². The molecule has 2 nitrogen and oxygen atoms in total. The minimum Gasteiger partial charge on any atom is -0.461 e. The summed E-state index contributed by atoms with van der Waals surface area (Å²) in [6.07, 6.45) is 4.52. The number of hydrogen-bond acceptors (Lipinski definition) is 2. The highest BCUT2D eigenvalue weighted by Crippen LogP contribution is 2.27. The highest BCUT2D eigenvalue weighted by Gasteiger charge is 2.08. The van der Waals surface area contributed by atoms with Crippen LogP contribution in [0, 0.1) is 6.92 Å². The van der Waals surface area contributed by atoms with Crippen LogP contribution in [0.15, 0.2) is 34.3 Å². The first-order chi connectivity index (χ1) is 9.26. The van der Waals surface area contributed by atoms with E-state index >= 15 is 0 Å². The largest absolute Gasteiger partial charge is 0.461 e. The molecule has 0 atom stereocenters. The summed E-state index contributed by atoms with van der Waals surface area (Å²) in [5, 5.41) is 4.68. The van der Waals surface area contributed by atoms with Crippen molar-refractivity contribution in [3.63, 3.8) is 0 Å². The molecule has 2 aromatic rings. The second-order valence-corrected chi connectivity index (χ2v) is 4.90. The Kier molecular flexibility index (Phi) is 4.80. The maximum atomic E-state index is 5.81. The molecular weight excluding hydrogens is 234 g/mol. The van der Waals surface area contributed by atoms with Crippen molar-refractivity contribution in [2.24, 2.45) is 0 Å². The second kappa shape index (κ2) is 6.58. The fourth-order valence-electron chi connectivity index (χ4n) is 2.28. The van der Waals surface area contributed by atoms with Crippen LogP contribution >= 0.6 is 0 Å². The van der Waals surface area contributed by atoms with Crippen LogP contribution in [0.4, 0.5) is 0 Å². The molecule has 0 aliphatic rings. The smallest absolute Gasteiger partial charge is 0.134 e. The van der Waals surface area contributed by atoms with E-state index in [1.54, 1.807) is 0 Å². The SMILES string of the molecule is CCCNC/C(=C/c1c(C)oc2ccccc12)CC. The predicted molar refractivity (Wildman–Crippen MR) is 82.4 cm³/mol. The lowest BCUT2D eigenvalue weighted by atomic mass is 10.1. The molecule has 0 spiro atoms. The predicted octanol–water partition coefficient (Wildman–Crippen LogP) is 4.53. The highest BCUT2D eigenvalue weighted by atomic mass is 16.3. The van der Waals surface area contributed by atoms with Crippen LogP contribution in [-0.2, 0) is 0 Å². The molecule has 1 N–H and O–H groups in total. The normalized spacial score (nSPS) is 12.3. The molecule has 0 unspecified atom stereocenters. The topological polar surface area (TPSA) is 25.2 Å². The van der Waals surface area contributed by atoms with Gasteiger partial charge in [0, 0.05) is 17.5 Å². The van der Waals surface area contributed by atoms with Gasteiger partial charge in [-0.2, -0.15) is 0 Å². The van der Waals surface area contributed by atoms with Crippen molar-refractivity contribution >= 4 is 17.0 Å². The molecule has 1 aromatic carbocycles. The van der Waals surface area contributed by atoms with Gasteiger partial charge in [0.1, 0.15) is 11.3 Å². The third kappa shape index (κ3) is 3.27. The van der Waals surface area contributed by atoms with Crippen molar-refractivity contribution in [2.45, 2.75) is 33.6 Å². The summed E-state index contributed by atoms with van der Waals surface area (Å²) < 4.78 is 5.81. The van der Waals surface area contributed by atoms with Crippen molar-refractivity contribution in [2.75, 3.05) is 13.1 Å². The molecule has 19 heavy (non-hydrogen) atoms. The minimum atomic E-state index is 0.962. The van der Waals surface area contributed by atoms with Gasteiger partial charge in [-0.1, -0.05) is 43.7 Å². The number of rotatable bonds is 6. The highest BCUT2D eigenvalue weighted by molar-refractivity contribution is 5.88. The summed E-state index contributed by atoms with van der Waals surface area (Å²) in [5.74, 6) is 1.00. The lowest BCUT2D eigenvalue weighted by Gasteiger charge is -2.06. The Morgan fingerprint density at radius 2 is 2.05 bits per heavy atom. The third-order valence-corrected chi connectivity index (χ3v) is 3.40. The molecule has 0 bridgehead atoms. The Morgan fingerprint density at radius 1 is 1.26 bits per heavy atom.